The number of amides is 2. The van der Waals surface area contributed by atoms with Gasteiger partial charge >= 0.3 is 16.3 Å². The van der Waals surface area contributed by atoms with Gasteiger partial charge in [0.1, 0.15) is 29.9 Å². The zero-order valence-corrected chi connectivity index (χ0v) is 25.0. The van der Waals surface area contributed by atoms with Gasteiger partial charge in [-0.25, -0.2) is 14.1 Å². The van der Waals surface area contributed by atoms with Crippen LogP contribution in [0.5, 0.6) is 5.75 Å². The largest absolute Gasteiger partial charge is 0.489 e. The molecule has 1 aliphatic rings. The highest BCUT2D eigenvalue weighted by atomic mass is 32.2. The number of nitrogens with zero attached hydrogens (tertiary/aromatic N) is 3. The van der Waals surface area contributed by atoms with Crippen molar-refractivity contribution in [2.75, 3.05) is 25.4 Å². The van der Waals surface area contributed by atoms with Gasteiger partial charge in [0, 0.05) is 23.5 Å². The van der Waals surface area contributed by atoms with Crippen molar-refractivity contribution in [3.63, 3.8) is 0 Å². The van der Waals surface area contributed by atoms with Crippen molar-refractivity contribution >= 4 is 56.1 Å². The molecule has 0 radical (unpaired) electrons. The molecule has 1 aliphatic heterocycles. The summed E-state index contributed by atoms with van der Waals surface area (Å²) in [4.78, 5) is 47.5. The highest BCUT2D eigenvalue weighted by molar-refractivity contribution is 7.84. The summed E-state index contributed by atoms with van der Waals surface area (Å²) in [7, 11) is -4.89. The minimum atomic E-state index is -4.89. The summed E-state index contributed by atoms with van der Waals surface area (Å²) in [5.74, 6) is -3.19. The molecule has 0 saturated carbocycles. The number of anilines is 1. The van der Waals surface area contributed by atoms with Crippen LogP contribution in [0.2, 0.25) is 0 Å². The SMILES string of the molecule is CCc1sc(N)nc1/C(=N/OC(COc1ccc(C(=N)NCCN)cc1)C(=O)O)C(=O)N[C@@H]1C(=O)N(S(=O)(=O)O)C1(C)C. The van der Waals surface area contributed by atoms with E-state index in [1.165, 1.54) is 26.0 Å². The lowest BCUT2D eigenvalue weighted by atomic mass is 9.85. The maximum Gasteiger partial charge on any atom is 0.362 e. The van der Waals surface area contributed by atoms with E-state index in [1.807, 2.05) is 0 Å². The smallest absolute Gasteiger partial charge is 0.362 e. The van der Waals surface area contributed by atoms with E-state index in [-0.39, 0.29) is 26.7 Å². The molecule has 1 aromatic carbocycles. The molecule has 3 rings (SSSR count). The van der Waals surface area contributed by atoms with Crippen LogP contribution < -0.4 is 26.8 Å². The monoisotopic (exact) mass is 640 g/mol. The number of nitrogens with one attached hydrogen (secondary N) is 3. The molecule has 43 heavy (non-hydrogen) atoms. The Bertz CT molecular complexity index is 1520. The number of amidine groups is 1. The molecule has 19 heteroatoms. The van der Waals surface area contributed by atoms with Gasteiger partial charge in [0.2, 0.25) is 0 Å². The Morgan fingerprint density at radius 1 is 1.30 bits per heavy atom. The van der Waals surface area contributed by atoms with Crippen LogP contribution in [0.4, 0.5) is 5.13 Å². The van der Waals surface area contributed by atoms with Crippen LogP contribution in [-0.4, -0.2) is 94.1 Å². The summed E-state index contributed by atoms with van der Waals surface area (Å²) in [5, 5.41) is 26.7. The third kappa shape index (κ3) is 7.55. The van der Waals surface area contributed by atoms with Crippen LogP contribution in [0.1, 0.15) is 36.9 Å². The zero-order chi connectivity index (χ0) is 32.1. The number of rotatable bonds is 14. The number of carboxylic acid groups (broad SMARTS) is 1. The van der Waals surface area contributed by atoms with Crippen LogP contribution in [0.25, 0.3) is 0 Å². The fourth-order valence-electron chi connectivity index (χ4n) is 4.04. The van der Waals surface area contributed by atoms with Crippen molar-refractivity contribution in [1.82, 2.24) is 19.9 Å². The Kier molecular flexibility index (Phi) is 10.3. The molecule has 2 amide bonds. The lowest BCUT2D eigenvalue weighted by Crippen LogP contribution is -2.77. The number of ether oxygens (including phenoxy) is 1. The molecule has 1 unspecified atom stereocenters. The first-order valence-electron chi connectivity index (χ1n) is 12.7. The fraction of sp³-hybridized carbons (Fsp3) is 0.417. The van der Waals surface area contributed by atoms with Gasteiger partial charge in [-0.2, -0.15) is 8.42 Å². The predicted molar refractivity (Wildman–Crippen MR) is 155 cm³/mol. The van der Waals surface area contributed by atoms with E-state index >= 15 is 0 Å². The number of aromatic nitrogens is 1. The first-order chi connectivity index (χ1) is 20.1. The van der Waals surface area contributed by atoms with Gasteiger partial charge in [-0.3, -0.25) is 19.6 Å². The molecule has 1 fully saturated rings. The molecule has 2 heterocycles. The summed E-state index contributed by atoms with van der Waals surface area (Å²) in [5.41, 5.74) is 9.72. The molecule has 9 N–H and O–H groups in total. The van der Waals surface area contributed by atoms with Crippen molar-refractivity contribution in [2.24, 2.45) is 10.9 Å². The number of nitrogen functional groups attached to an aromatic ring is 1. The van der Waals surface area contributed by atoms with Crippen LogP contribution in [0.15, 0.2) is 29.4 Å². The topological polar surface area (TPSA) is 273 Å². The second kappa shape index (κ2) is 13.3. The van der Waals surface area contributed by atoms with Crippen LogP contribution in [0.3, 0.4) is 0 Å². The maximum absolute atomic E-state index is 13.3. The van der Waals surface area contributed by atoms with Crippen LogP contribution in [0, 0.1) is 5.41 Å². The molecule has 0 bridgehead atoms. The van der Waals surface area contributed by atoms with Gasteiger partial charge in [0.25, 0.3) is 17.9 Å². The van der Waals surface area contributed by atoms with E-state index in [0.717, 1.165) is 11.3 Å². The molecule has 1 aromatic heterocycles. The minimum absolute atomic E-state index is 0.0231. The van der Waals surface area contributed by atoms with Gasteiger partial charge in [0.05, 0.1) is 5.54 Å². The molecule has 17 nitrogen and oxygen atoms in total. The number of nitrogens with two attached hydrogens (primary N) is 2. The fourth-order valence-corrected chi connectivity index (χ4v) is 5.85. The number of carbonyl (C=O) groups excluding carboxylic acids is 2. The van der Waals surface area contributed by atoms with Gasteiger partial charge in [-0.15, -0.1) is 11.3 Å². The highest BCUT2D eigenvalue weighted by Gasteiger charge is 2.60. The highest BCUT2D eigenvalue weighted by Crippen LogP contribution is 2.34. The molecule has 2 atom stereocenters. The predicted octanol–water partition coefficient (Wildman–Crippen LogP) is -0.677. The number of hydrogen-bond acceptors (Lipinski definition) is 13. The van der Waals surface area contributed by atoms with E-state index in [1.54, 1.807) is 19.1 Å². The van der Waals surface area contributed by atoms with Crippen molar-refractivity contribution in [1.29, 1.82) is 5.41 Å². The third-order valence-electron chi connectivity index (χ3n) is 6.19. The van der Waals surface area contributed by atoms with E-state index < -0.39 is 58.1 Å². The third-order valence-corrected chi connectivity index (χ3v) is 8.34. The first kappa shape index (κ1) is 33.2. The second-order valence-corrected chi connectivity index (χ2v) is 12.0. The lowest BCUT2D eigenvalue weighted by Gasteiger charge is -2.50. The number of hydrogen-bond donors (Lipinski definition) is 7. The van der Waals surface area contributed by atoms with E-state index in [4.69, 9.17) is 26.5 Å². The number of aliphatic carboxylic acids is 1. The van der Waals surface area contributed by atoms with Crippen molar-refractivity contribution in [3.8, 4) is 5.75 Å². The van der Waals surface area contributed by atoms with Gasteiger partial charge in [-0.05, 0) is 44.5 Å². The molecule has 2 aromatic rings. The molecule has 0 spiro atoms. The summed E-state index contributed by atoms with van der Waals surface area (Å²) >= 11 is 1.05. The number of aryl methyl sites for hydroxylation is 1. The van der Waals surface area contributed by atoms with Crippen molar-refractivity contribution < 1.29 is 42.0 Å². The summed E-state index contributed by atoms with van der Waals surface area (Å²) < 4.78 is 38.3. The number of oxime groups is 1. The van der Waals surface area contributed by atoms with E-state index in [2.05, 4.69) is 20.8 Å². The van der Waals surface area contributed by atoms with Crippen molar-refractivity contribution in [3.05, 3.63) is 40.4 Å². The Labute approximate surface area is 250 Å². The quantitative estimate of drug-likeness (QED) is 0.0444. The van der Waals surface area contributed by atoms with Crippen molar-refractivity contribution in [2.45, 2.75) is 44.9 Å². The lowest BCUT2D eigenvalue weighted by molar-refractivity contribution is -0.152. The average molecular weight is 641 g/mol. The molecule has 234 valence electrons. The Hall–Kier alpha value is -4.33. The minimum Gasteiger partial charge on any atom is -0.489 e. The second-order valence-electron chi connectivity index (χ2n) is 9.62. The Morgan fingerprint density at radius 2 is 1.95 bits per heavy atom. The maximum atomic E-state index is 13.3. The standard InChI is InChI=1S/C24H32N8O9S2/c1-4-15-16(29-23(27)42-15)17(20(33)30-18-21(34)32(24(18,2)3)43(37,38)39)31-41-14(22(35)36)11-40-13-7-5-12(6-8-13)19(26)28-10-9-25/h5-8,14,18H,4,9-11,25H2,1-3H3,(H2,26,28)(H2,27,29)(H,30,33)(H,35,36)(H,37,38,39)/b31-17-/t14?,18-/m1/s1. The number of thiazole rings is 1. The zero-order valence-electron chi connectivity index (χ0n) is 23.4. The molecule has 1 saturated heterocycles. The number of carboxylic acids is 1. The van der Waals surface area contributed by atoms with Crippen LogP contribution in [-0.2, 0) is 35.9 Å². The number of β-lactam (4-membered cyclic amide) rings is 1. The average Bonchev–Trinajstić information content (AvgIpc) is 3.31. The summed E-state index contributed by atoms with van der Waals surface area (Å²) in [6.45, 7) is 4.61. The Morgan fingerprint density at radius 3 is 2.49 bits per heavy atom. The number of benzene rings is 1. The summed E-state index contributed by atoms with van der Waals surface area (Å²) in [6.07, 6.45) is -1.34. The van der Waals surface area contributed by atoms with Gasteiger partial charge in [-0.1, -0.05) is 12.1 Å². The Balaban J connectivity index is 1.81. The molecular formula is C24H32N8O9S2. The number of carbonyl (C=O) groups is 3. The van der Waals surface area contributed by atoms with Crippen LogP contribution >= 0.6 is 11.3 Å². The normalized spacial score (nSPS) is 17.0. The van der Waals surface area contributed by atoms with Gasteiger partial charge < -0.3 is 36.8 Å². The summed E-state index contributed by atoms with van der Waals surface area (Å²) in [6, 6.07) is 4.83. The van der Waals surface area contributed by atoms with E-state index in [9.17, 15) is 32.5 Å². The van der Waals surface area contributed by atoms with E-state index in [0.29, 0.717) is 30.0 Å². The van der Waals surface area contributed by atoms with Gasteiger partial charge in [0.15, 0.2) is 10.8 Å². The molecular weight excluding hydrogens is 608 g/mol. The first-order valence-corrected chi connectivity index (χ1v) is 14.9. The molecule has 0 aliphatic carbocycles.